The van der Waals surface area contributed by atoms with Gasteiger partial charge in [0.15, 0.2) is 0 Å². The Morgan fingerprint density at radius 2 is 2.00 bits per heavy atom. The second kappa shape index (κ2) is 6.08. The van der Waals surface area contributed by atoms with Gasteiger partial charge < -0.3 is 9.64 Å². The first-order chi connectivity index (χ1) is 9.80. The van der Waals surface area contributed by atoms with Gasteiger partial charge in [0, 0.05) is 31.2 Å². The van der Waals surface area contributed by atoms with E-state index in [1.807, 2.05) is 32.6 Å². The van der Waals surface area contributed by atoms with Crippen molar-refractivity contribution in [3.63, 3.8) is 0 Å². The largest absolute Gasteiger partial charge is 0.444 e. The molecule has 1 saturated heterocycles. The molecule has 0 saturated carbocycles. The number of amides is 1. The van der Waals surface area contributed by atoms with Crippen LogP contribution in [0.1, 0.15) is 57.8 Å². The molecule has 1 amide bonds. The van der Waals surface area contributed by atoms with Gasteiger partial charge in [0.1, 0.15) is 5.60 Å². The molecule has 118 valence electrons. The second-order valence-corrected chi connectivity index (χ2v) is 6.77. The molecular formula is C16H27N3O2. The van der Waals surface area contributed by atoms with Gasteiger partial charge in [-0.25, -0.2) is 4.79 Å². The maximum atomic E-state index is 12.1. The SMILES string of the molecule is CCn1nc(C)cc1C1CCN(C(=O)OC(C)(C)C)CC1. The molecule has 1 fully saturated rings. The Bertz CT molecular complexity index is 494. The van der Waals surface area contributed by atoms with Crippen molar-refractivity contribution in [1.29, 1.82) is 0 Å². The Morgan fingerprint density at radius 1 is 1.38 bits per heavy atom. The monoisotopic (exact) mass is 293 g/mol. The standard InChI is InChI=1S/C16H27N3O2/c1-6-19-14(11-12(2)17-19)13-7-9-18(10-8-13)15(20)21-16(3,4)5/h11,13H,6-10H2,1-5H3. The zero-order chi connectivity index (χ0) is 15.6. The molecule has 0 radical (unpaired) electrons. The summed E-state index contributed by atoms with van der Waals surface area (Å²) in [6, 6.07) is 2.18. The summed E-state index contributed by atoms with van der Waals surface area (Å²) >= 11 is 0. The smallest absolute Gasteiger partial charge is 0.410 e. The fourth-order valence-corrected chi connectivity index (χ4v) is 2.83. The number of likely N-dealkylation sites (tertiary alicyclic amines) is 1. The molecule has 5 nitrogen and oxygen atoms in total. The van der Waals surface area contributed by atoms with Crippen molar-refractivity contribution in [3.8, 4) is 0 Å². The Labute approximate surface area is 127 Å². The summed E-state index contributed by atoms with van der Waals surface area (Å²) in [6.45, 7) is 12.3. The van der Waals surface area contributed by atoms with Crippen LogP contribution in [0.15, 0.2) is 6.07 Å². The molecule has 21 heavy (non-hydrogen) atoms. The van der Waals surface area contributed by atoms with Gasteiger partial charge in [0.2, 0.25) is 0 Å². The van der Waals surface area contributed by atoms with Crippen LogP contribution >= 0.6 is 0 Å². The van der Waals surface area contributed by atoms with E-state index < -0.39 is 5.60 Å². The predicted molar refractivity (Wildman–Crippen MR) is 82.4 cm³/mol. The lowest BCUT2D eigenvalue weighted by molar-refractivity contribution is 0.0203. The van der Waals surface area contributed by atoms with Crippen molar-refractivity contribution in [3.05, 3.63) is 17.5 Å². The van der Waals surface area contributed by atoms with Gasteiger partial charge in [-0.1, -0.05) is 0 Å². The summed E-state index contributed by atoms with van der Waals surface area (Å²) in [5.74, 6) is 0.491. The van der Waals surface area contributed by atoms with Crippen LogP contribution < -0.4 is 0 Å². The molecule has 0 bridgehead atoms. The van der Waals surface area contributed by atoms with Crippen molar-refractivity contribution >= 4 is 6.09 Å². The number of nitrogens with zero attached hydrogens (tertiary/aromatic N) is 3. The minimum atomic E-state index is -0.425. The van der Waals surface area contributed by atoms with Crippen molar-refractivity contribution in [2.24, 2.45) is 0 Å². The minimum Gasteiger partial charge on any atom is -0.444 e. The zero-order valence-corrected chi connectivity index (χ0v) is 13.8. The highest BCUT2D eigenvalue weighted by Gasteiger charge is 2.28. The zero-order valence-electron chi connectivity index (χ0n) is 13.8. The van der Waals surface area contributed by atoms with E-state index in [4.69, 9.17) is 4.74 Å². The third-order valence-electron chi connectivity index (χ3n) is 3.80. The van der Waals surface area contributed by atoms with E-state index in [-0.39, 0.29) is 6.09 Å². The topological polar surface area (TPSA) is 47.4 Å². The number of piperidine rings is 1. The van der Waals surface area contributed by atoms with Gasteiger partial charge in [-0.15, -0.1) is 0 Å². The number of carbonyl (C=O) groups excluding carboxylic acids is 1. The van der Waals surface area contributed by atoms with E-state index in [9.17, 15) is 4.79 Å². The predicted octanol–water partition coefficient (Wildman–Crippen LogP) is 3.33. The number of hydrogen-bond donors (Lipinski definition) is 0. The van der Waals surface area contributed by atoms with E-state index in [0.29, 0.717) is 5.92 Å². The van der Waals surface area contributed by atoms with E-state index in [0.717, 1.165) is 38.2 Å². The molecule has 0 spiro atoms. The number of ether oxygens (including phenoxy) is 1. The normalized spacial score (nSPS) is 17.1. The summed E-state index contributed by atoms with van der Waals surface area (Å²) in [6.07, 6.45) is 1.76. The first-order valence-electron chi connectivity index (χ1n) is 7.82. The van der Waals surface area contributed by atoms with Crippen LogP contribution in [-0.4, -0.2) is 39.5 Å². The van der Waals surface area contributed by atoms with Crippen molar-refractivity contribution in [1.82, 2.24) is 14.7 Å². The van der Waals surface area contributed by atoms with E-state index >= 15 is 0 Å². The van der Waals surface area contributed by atoms with Crippen LogP contribution in [-0.2, 0) is 11.3 Å². The molecule has 2 rings (SSSR count). The molecule has 1 aromatic rings. The first kappa shape index (κ1) is 15.9. The Balaban J connectivity index is 1.95. The Hall–Kier alpha value is -1.52. The van der Waals surface area contributed by atoms with E-state index in [1.165, 1.54) is 5.69 Å². The number of rotatable bonds is 2. The van der Waals surface area contributed by atoms with E-state index in [2.05, 4.69) is 22.8 Å². The second-order valence-electron chi connectivity index (χ2n) is 6.77. The number of carbonyl (C=O) groups is 1. The lowest BCUT2D eigenvalue weighted by atomic mass is 9.93. The van der Waals surface area contributed by atoms with Crippen molar-refractivity contribution in [2.45, 2.75) is 65.5 Å². The quantitative estimate of drug-likeness (QED) is 0.840. The van der Waals surface area contributed by atoms with Gasteiger partial charge >= 0.3 is 6.09 Å². The van der Waals surface area contributed by atoms with E-state index in [1.54, 1.807) is 0 Å². The van der Waals surface area contributed by atoms with Gasteiger partial charge in [-0.3, -0.25) is 4.68 Å². The summed E-state index contributed by atoms with van der Waals surface area (Å²) in [5.41, 5.74) is 1.95. The van der Waals surface area contributed by atoms with Crippen LogP contribution in [0.5, 0.6) is 0 Å². The lowest BCUT2D eigenvalue weighted by Crippen LogP contribution is -2.41. The minimum absolute atomic E-state index is 0.193. The third-order valence-corrected chi connectivity index (χ3v) is 3.80. The van der Waals surface area contributed by atoms with Crippen LogP contribution in [0.25, 0.3) is 0 Å². The molecular weight excluding hydrogens is 266 g/mol. The maximum absolute atomic E-state index is 12.1. The summed E-state index contributed by atoms with van der Waals surface area (Å²) in [7, 11) is 0. The number of hydrogen-bond acceptors (Lipinski definition) is 3. The van der Waals surface area contributed by atoms with Gasteiger partial charge in [-0.2, -0.15) is 5.10 Å². The average molecular weight is 293 g/mol. The molecule has 2 heterocycles. The van der Waals surface area contributed by atoms with Gasteiger partial charge in [0.05, 0.1) is 5.69 Å². The van der Waals surface area contributed by atoms with Crippen molar-refractivity contribution in [2.75, 3.05) is 13.1 Å². The third kappa shape index (κ3) is 3.99. The number of aryl methyl sites for hydroxylation is 2. The lowest BCUT2D eigenvalue weighted by Gasteiger charge is -2.33. The highest BCUT2D eigenvalue weighted by molar-refractivity contribution is 5.68. The average Bonchev–Trinajstić information content (AvgIpc) is 2.78. The molecule has 1 aliphatic heterocycles. The molecule has 0 atom stereocenters. The van der Waals surface area contributed by atoms with Crippen LogP contribution in [0.3, 0.4) is 0 Å². The Kier molecular flexibility index (Phi) is 4.59. The van der Waals surface area contributed by atoms with Crippen LogP contribution in [0, 0.1) is 6.92 Å². The Morgan fingerprint density at radius 3 is 2.52 bits per heavy atom. The van der Waals surface area contributed by atoms with Crippen LogP contribution in [0.4, 0.5) is 4.79 Å². The maximum Gasteiger partial charge on any atom is 0.410 e. The highest BCUT2D eigenvalue weighted by Crippen LogP contribution is 2.29. The molecule has 0 unspecified atom stereocenters. The summed E-state index contributed by atoms with van der Waals surface area (Å²) in [4.78, 5) is 13.9. The van der Waals surface area contributed by atoms with Gasteiger partial charge in [0.25, 0.3) is 0 Å². The highest BCUT2D eigenvalue weighted by atomic mass is 16.6. The molecule has 0 aliphatic carbocycles. The first-order valence-corrected chi connectivity index (χ1v) is 7.82. The summed E-state index contributed by atoms with van der Waals surface area (Å²) in [5, 5.41) is 4.52. The summed E-state index contributed by atoms with van der Waals surface area (Å²) < 4.78 is 7.52. The van der Waals surface area contributed by atoms with Crippen LogP contribution in [0.2, 0.25) is 0 Å². The fraction of sp³-hybridized carbons (Fsp3) is 0.750. The fourth-order valence-electron chi connectivity index (χ4n) is 2.83. The molecule has 1 aromatic heterocycles. The van der Waals surface area contributed by atoms with Crippen molar-refractivity contribution < 1.29 is 9.53 Å². The van der Waals surface area contributed by atoms with Gasteiger partial charge in [-0.05, 0) is 53.5 Å². The molecule has 1 aliphatic rings. The molecule has 0 N–H and O–H groups in total. The molecule has 5 heteroatoms. The number of aromatic nitrogens is 2. The molecule has 0 aromatic carbocycles.